The molecular formula is C10H6N2O3. The summed E-state index contributed by atoms with van der Waals surface area (Å²) in [5.41, 5.74) is 1.15. The van der Waals surface area contributed by atoms with Crippen molar-refractivity contribution in [3.63, 3.8) is 0 Å². The van der Waals surface area contributed by atoms with Crippen LogP contribution in [-0.4, -0.2) is 10.4 Å². The zero-order valence-electron chi connectivity index (χ0n) is 7.85. The molecule has 1 aromatic heterocycles. The molecule has 0 radical (unpaired) electrons. The lowest BCUT2D eigenvalue weighted by Crippen LogP contribution is -2.08. The van der Waals surface area contributed by atoms with Crippen LogP contribution in [0.5, 0.6) is 0 Å². The summed E-state index contributed by atoms with van der Waals surface area (Å²) in [6.45, 7) is 0. The Hall–Kier alpha value is -2.35. The molecule has 74 valence electrons. The summed E-state index contributed by atoms with van der Waals surface area (Å²) in [4.78, 5) is 22.2. The molecule has 1 aromatic carbocycles. The fourth-order valence-corrected chi connectivity index (χ4v) is 1.33. The lowest BCUT2D eigenvalue weighted by Gasteiger charge is -1.94. The van der Waals surface area contributed by atoms with Crippen molar-refractivity contribution in [3.05, 3.63) is 34.3 Å². The van der Waals surface area contributed by atoms with Crippen LogP contribution >= 0.6 is 0 Å². The van der Waals surface area contributed by atoms with E-state index in [1.165, 1.54) is 35.9 Å². The number of carbonyl (C=O) groups is 1. The first-order chi connectivity index (χ1) is 7.13. The number of nitriles is 1. The first-order valence-electron chi connectivity index (χ1n) is 4.17. The topological polar surface area (TPSA) is 76.0 Å². The standard InChI is InChI=1S/C10H6N2O3/c1-12-7-4-6(8(13)5-11)2-3-9(7)15-10(12)14/h2-4H,1H3. The highest BCUT2D eigenvalue weighted by molar-refractivity contribution is 6.08. The van der Waals surface area contributed by atoms with Crippen molar-refractivity contribution >= 4 is 16.9 Å². The minimum atomic E-state index is -0.634. The first kappa shape index (κ1) is 9.21. The predicted octanol–water partition coefficient (Wildman–Crippen LogP) is 0.838. The highest BCUT2D eigenvalue weighted by atomic mass is 16.4. The summed E-state index contributed by atoms with van der Waals surface area (Å²) in [7, 11) is 1.54. The van der Waals surface area contributed by atoms with Gasteiger partial charge in [-0.2, -0.15) is 5.26 Å². The van der Waals surface area contributed by atoms with E-state index in [1.807, 2.05) is 0 Å². The average molecular weight is 202 g/mol. The van der Waals surface area contributed by atoms with Crippen LogP contribution in [0.1, 0.15) is 10.4 Å². The summed E-state index contributed by atoms with van der Waals surface area (Å²) in [6, 6.07) is 5.94. The molecule has 0 bridgehead atoms. The van der Waals surface area contributed by atoms with Gasteiger partial charge in [0.2, 0.25) is 0 Å². The van der Waals surface area contributed by atoms with Crippen molar-refractivity contribution < 1.29 is 9.21 Å². The summed E-state index contributed by atoms with van der Waals surface area (Å²) in [5.74, 6) is -1.13. The van der Waals surface area contributed by atoms with Crippen LogP contribution < -0.4 is 5.76 Å². The van der Waals surface area contributed by atoms with Crippen LogP contribution in [0.2, 0.25) is 0 Å². The van der Waals surface area contributed by atoms with Crippen molar-refractivity contribution in [1.29, 1.82) is 5.26 Å². The van der Waals surface area contributed by atoms with Gasteiger partial charge in [0.05, 0.1) is 5.52 Å². The number of aromatic nitrogens is 1. The number of nitrogens with zero attached hydrogens (tertiary/aromatic N) is 2. The maximum atomic E-state index is 11.1. The Morgan fingerprint density at radius 3 is 2.93 bits per heavy atom. The van der Waals surface area contributed by atoms with Crippen molar-refractivity contribution in [2.75, 3.05) is 0 Å². The molecular weight excluding hydrogens is 196 g/mol. The van der Waals surface area contributed by atoms with E-state index in [2.05, 4.69) is 0 Å². The molecule has 0 aliphatic carbocycles. The number of benzene rings is 1. The second-order valence-electron chi connectivity index (χ2n) is 3.05. The highest BCUT2D eigenvalue weighted by Crippen LogP contribution is 2.14. The van der Waals surface area contributed by atoms with Crippen molar-refractivity contribution in [3.8, 4) is 6.07 Å². The Kier molecular flexibility index (Phi) is 1.90. The second kappa shape index (κ2) is 3.10. The van der Waals surface area contributed by atoms with Gasteiger partial charge in [0.15, 0.2) is 5.58 Å². The Morgan fingerprint density at radius 1 is 1.53 bits per heavy atom. The molecule has 2 rings (SSSR count). The van der Waals surface area contributed by atoms with Crippen LogP contribution in [-0.2, 0) is 7.05 Å². The minimum Gasteiger partial charge on any atom is -0.408 e. The molecule has 5 heteroatoms. The van der Waals surface area contributed by atoms with Gasteiger partial charge >= 0.3 is 5.76 Å². The van der Waals surface area contributed by atoms with E-state index in [0.717, 1.165) is 0 Å². The van der Waals surface area contributed by atoms with Crippen LogP contribution in [0.3, 0.4) is 0 Å². The third kappa shape index (κ3) is 1.32. The number of hydrogen-bond acceptors (Lipinski definition) is 4. The number of oxazole rings is 1. The van der Waals surface area contributed by atoms with Crippen LogP contribution in [0.4, 0.5) is 0 Å². The van der Waals surface area contributed by atoms with Gasteiger partial charge in [0.25, 0.3) is 5.78 Å². The number of ketones is 1. The Bertz CT molecular complexity index is 643. The Labute approximate surface area is 84.1 Å². The molecule has 0 amide bonds. The number of fused-ring (bicyclic) bond motifs is 1. The van der Waals surface area contributed by atoms with Crippen molar-refractivity contribution in [1.82, 2.24) is 4.57 Å². The molecule has 0 saturated heterocycles. The SMILES string of the molecule is Cn1c(=O)oc2ccc(C(=O)C#N)cc21. The van der Waals surface area contributed by atoms with Gasteiger partial charge in [0.1, 0.15) is 6.07 Å². The second-order valence-corrected chi connectivity index (χ2v) is 3.05. The fraction of sp³-hybridized carbons (Fsp3) is 0.100. The maximum absolute atomic E-state index is 11.1. The van der Waals surface area contributed by atoms with E-state index >= 15 is 0 Å². The summed E-state index contributed by atoms with van der Waals surface area (Å²) in [5, 5.41) is 8.44. The highest BCUT2D eigenvalue weighted by Gasteiger charge is 2.10. The largest absolute Gasteiger partial charge is 0.419 e. The molecule has 1 heterocycles. The molecule has 0 saturated carbocycles. The monoisotopic (exact) mass is 202 g/mol. The lowest BCUT2D eigenvalue weighted by atomic mass is 10.1. The normalized spacial score (nSPS) is 10.1. The predicted molar refractivity (Wildman–Crippen MR) is 51.4 cm³/mol. The molecule has 0 aliphatic rings. The number of aryl methyl sites for hydroxylation is 1. The quantitative estimate of drug-likeness (QED) is 0.507. The summed E-state index contributed by atoms with van der Waals surface area (Å²) in [6.07, 6.45) is 0. The average Bonchev–Trinajstić information content (AvgIpc) is 2.54. The van der Waals surface area contributed by atoms with Gasteiger partial charge in [-0.15, -0.1) is 0 Å². The molecule has 15 heavy (non-hydrogen) atoms. The van der Waals surface area contributed by atoms with E-state index in [9.17, 15) is 9.59 Å². The molecule has 2 aromatic rings. The number of rotatable bonds is 1. The Balaban J connectivity index is 2.76. The van der Waals surface area contributed by atoms with Gasteiger partial charge in [-0.1, -0.05) is 0 Å². The molecule has 0 aliphatic heterocycles. The van der Waals surface area contributed by atoms with Gasteiger partial charge in [-0.3, -0.25) is 9.36 Å². The zero-order valence-corrected chi connectivity index (χ0v) is 7.85. The van der Waals surface area contributed by atoms with Crippen molar-refractivity contribution in [2.24, 2.45) is 7.05 Å². The Morgan fingerprint density at radius 2 is 2.27 bits per heavy atom. The smallest absolute Gasteiger partial charge is 0.408 e. The number of carbonyl (C=O) groups excluding carboxylic acids is 1. The first-order valence-corrected chi connectivity index (χ1v) is 4.17. The van der Waals surface area contributed by atoms with E-state index in [4.69, 9.17) is 9.68 Å². The minimum absolute atomic E-state index is 0.251. The third-order valence-electron chi connectivity index (χ3n) is 2.16. The lowest BCUT2D eigenvalue weighted by molar-refractivity contribution is 0.105. The zero-order chi connectivity index (χ0) is 11.0. The van der Waals surface area contributed by atoms with Gasteiger partial charge < -0.3 is 4.42 Å². The van der Waals surface area contributed by atoms with Crippen LogP contribution in [0.25, 0.3) is 11.1 Å². The molecule has 0 unspecified atom stereocenters. The number of hydrogen-bond donors (Lipinski definition) is 0. The molecule has 0 N–H and O–H groups in total. The van der Waals surface area contributed by atoms with E-state index in [1.54, 1.807) is 0 Å². The van der Waals surface area contributed by atoms with Crippen molar-refractivity contribution in [2.45, 2.75) is 0 Å². The van der Waals surface area contributed by atoms with Gasteiger partial charge in [0, 0.05) is 12.6 Å². The van der Waals surface area contributed by atoms with Gasteiger partial charge in [-0.05, 0) is 18.2 Å². The van der Waals surface area contributed by atoms with Crippen LogP contribution in [0.15, 0.2) is 27.4 Å². The maximum Gasteiger partial charge on any atom is 0.419 e. The molecule has 0 fully saturated rings. The third-order valence-corrected chi connectivity index (χ3v) is 2.16. The molecule has 0 spiro atoms. The summed E-state index contributed by atoms with van der Waals surface area (Å²) >= 11 is 0. The number of Topliss-reactive ketones (excluding diaryl/α,β-unsaturated/α-hetero) is 1. The van der Waals surface area contributed by atoms with E-state index in [-0.39, 0.29) is 5.56 Å². The summed E-state index contributed by atoms with van der Waals surface area (Å²) < 4.78 is 6.16. The molecule has 5 nitrogen and oxygen atoms in total. The molecule has 0 atom stereocenters. The van der Waals surface area contributed by atoms with Crippen LogP contribution in [0, 0.1) is 11.3 Å². The van der Waals surface area contributed by atoms with E-state index in [0.29, 0.717) is 11.1 Å². The van der Waals surface area contributed by atoms with Gasteiger partial charge in [-0.25, -0.2) is 4.79 Å². The van der Waals surface area contributed by atoms with E-state index < -0.39 is 11.5 Å². The fourth-order valence-electron chi connectivity index (χ4n) is 1.33.